The van der Waals surface area contributed by atoms with Crippen LogP contribution in [0.2, 0.25) is 0 Å². The van der Waals surface area contributed by atoms with Crippen LogP contribution in [0.15, 0.2) is 0 Å². The Labute approximate surface area is 157 Å². The van der Waals surface area contributed by atoms with Gasteiger partial charge in [0.2, 0.25) is 0 Å². The summed E-state index contributed by atoms with van der Waals surface area (Å²) in [4.78, 5) is 5.00. The highest BCUT2D eigenvalue weighted by Crippen LogP contribution is 2.20. The molecule has 0 spiro atoms. The highest BCUT2D eigenvalue weighted by molar-refractivity contribution is 4.68. The molecule has 0 aromatic carbocycles. The predicted octanol–water partition coefficient (Wildman–Crippen LogP) is 3.90. The zero-order chi connectivity index (χ0) is 18.8. The van der Waals surface area contributed by atoms with Crippen LogP contribution in [0, 0.1) is 10.8 Å². The summed E-state index contributed by atoms with van der Waals surface area (Å²) in [5.41, 5.74) is 0.963. The van der Waals surface area contributed by atoms with Crippen LogP contribution in [-0.2, 0) is 9.47 Å². The van der Waals surface area contributed by atoms with E-state index in [0.717, 1.165) is 52.6 Å². The van der Waals surface area contributed by atoms with Crippen LogP contribution in [0.25, 0.3) is 0 Å². The lowest BCUT2D eigenvalue weighted by Crippen LogP contribution is -2.37. The van der Waals surface area contributed by atoms with E-state index < -0.39 is 0 Å². The molecule has 4 nitrogen and oxygen atoms in total. The number of nitrogens with zero attached hydrogens (tertiary/aromatic N) is 2. The Kier molecular flexibility index (Phi) is 10.6. The summed E-state index contributed by atoms with van der Waals surface area (Å²) in [5, 5.41) is 0. The molecule has 2 saturated heterocycles. The molecular formula is C21H44N2O2. The highest BCUT2D eigenvalue weighted by Gasteiger charge is 2.15. The molecule has 25 heavy (non-hydrogen) atoms. The molecule has 0 aromatic rings. The molecule has 2 aliphatic heterocycles. The lowest BCUT2D eigenvalue weighted by molar-refractivity contribution is 0.0333. The van der Waals surface area contributed by atoms with Crippen molar-refractivity contribution in [2.24, 2.45) is 10.8 Å². The summed E-state index contributed by atoms with van der Waals surface area (Å²) < 4.78 is 10.6. The molecule has 0 aliphatic carbocycles. The molecule has 0 radical (unpaired) electrons. The van der Waals surface area contributed by atoms with Gasteiger partial charge in [-0.3, -0.25) is 9.80 Å². The Morgan fingerprint density at radius 2 is 1.00 bits per heavy atom. The van der Waals surface area contributed by atoms with Crippen LogP contribution in [-0.4, -0.2) is 75.5 Å². The van der Waals surface area contributed by atoms with Crippen molar-refractivity contribution < 1.29 is 9.47 Å². The van der Waals surface area contributed by atoms with Gasteiger partial charge in [0.1, 0.15) is 0 Å². The fourth-order valence-electron chi connectivity index (χ4n) is 2.98. The Morgan fingerprint density at radius 1 is 0.600 bits per heavy atom. The third-order valence-corrected chi connectivity index (χ3v) is 4.79. The molecule has 0 amide bonds. The zero-order valence-electron chi connectivity index (χ0n) is 17.9. The molecule has 2 rings (SSSR count). The third kappa shape index (κ3) is 13.7. The largest absolute Gasteiger partial charge is 0.379 e. The summed E-state index contributed by atoms with van der Waals surface area (Å²) in [6.45, 7) is 24.5. The first-order valence-electron chi connectivity index (χ1n) is 10.3. The van der Waals surface area contributed by atoms with Crippen LogP contribution in [0.1, 0.15) is 60.8 Å². The minimum atomic E-state index is 0.471. The van der Waals surface area contributed by atoms with Crippen molar-refractivity contribution in [2.75, 3.05) is 65.7 Å². The maximum atomic E-state index is 5.31. The molecule has 150 valence electrons. The predicted molar refractivity (Wildman–Crippen MR) is 107 cm³/mol. The van der Waals surface area contributed by atoms with E-state index in [9.17, 15) is 0 Å². The smallest absolute Gasteiger partial charge is 0.0594 e. The van der Waals surface area contributed by atoms with E-state index in [1.165, 1.54) is 32.4 Å². The Morgan fingerprint density at radius 3 is 1.40 bits per heavy atom. The molecule has 4 heteroatoms. The minimum absolute atomic E-state index is 0.471. The minimum Gasteiger partial charge on any atom is -0.379 e. The van der Waals surface area contributed by atoms with Gasteiger partial charge in [0, 0.05) is 26.2 Å². The van der Waals surface area contributed by atoms with Gasteiger partial charge in [0.05, 0.1) is 26.4 Å². The van der Waals surface area contributed by atoms with E-state index >= 15 is 0 Å². The van der Waals surface area contributed by atoms with Crippen LogP contribution < -0.4 is 0 Å². The van der Waals surface area contributed by atoms with E-state index in [1.54, 1.807) is 0 Å². The normalized spacial score (nSPS) is 20.9. The van der Waals surface area contributed by atoms with Crippen molar-refractivity contribution in [1.82, 2.24) is 9.80 Å². The quantitative estimate of drug-likeness (QED) is 0.746. The Hall–Kier alpha value is -0.160. The molecule has 0 unspecified atom stereocenters. The van der Waals surface area contributed by atoms with E-state index in [2.05, 4.69) is 51.3 Å². The maximum Gasteiger partial charge on any atom is 0.0594 e. The van der Waals surface area contributed by atoms with Gasteiger partial charge in [0.15, 0.2) is 0 Å². The van der Waals surface area contributed by atoms with Crippen molar-refractivity contribution in [3.63, 3.8) is 0 Å². The summed E-state index contributed by atoms with van der Waals surface area (Å²) in [6.07, 6.45) is 3.93. The second-order valence-corrected chi connectivity index (χ2v) is 9.88. The second-order valence-electron chi connectivity index (χ2n) is 9.88. The van der Waals surface area contributed by atoms with E-state index in [-0.39, 0.29) is 0 Å². The average molecular weight is 357 g/mol. The number of hydrogen-bond acceptors (Lipinski definition) is 4. The Balaban J connectivity index is 0.000000251. The highest BCUT2D eigenvalue weighted by atomic mass is 16.5. The van der Waals surface area contributed by atoms with Gasteiger partial charge in [-0.25, -0.2) is 0 Å². The molecule has 0 aromatic heterocycles. The van der Waals surface area contributed by atoms with Gasteiger partial charge in [0.25, 0.3) is 0 Å². The number of hydrogen-bond donors (Lipinski definition) is 0. The van der Waals surface area contributed by atoms with Crippen LogP contribution in [0.5, 0.6) is 0 Å². The first-order chi connectivity index (χ1) is 11.7. The maximum absolute atomic E-state index is 5.31. The summed E-state index contributed by atoms with van der Waals surface area (Å²) in [7, 11) is 0. The first-order valence-corrected chi connectivity index (χ1v) is 10.3. The second kappa shape index (κ2) is 11.5. The summed E-state index contributed by atoms with van der Waals surface area (Å²) >= 11 is 0. The molecule has 0 saturated carbocycles. The molecule has 0 N–H and O–H groups in total. The van der Waals surface area contributed by atoms with Crippen LogP contribution >= 0.6 is 0 Å². The lowest BCUT2D eigenvalue weighted by atomic mass is 9.90. The van der Waals surface area contributed by atoms with Gasteiger partial charge in [-0.1, -0.05) is 41.5 Å². The van der Waals surface area contributed by atoms with Crippen LogP contribution in [0.3, 0.4) is 0 Å². The van der Waals surface area contributed by atoms with E-state index in [1.807, 2.05) is 0 Å². The third-order valence-electron chi connectivity index (χ3n) is 4.79. The van der Waals surface area contributed by atoms with Crippen molar-refractivity contribution >= 4 is 0 Å². The molecule has 0 atom stereocenters. The molecule has 2 heterocycles. The van der Waals surface area contributed by atoms with E-state index in [4.69, 9.17) is 9.47 Å². The molecule has 0 bridgehead atoms. The summed E-state index contributed by atoms with van der Waals surface area (Å²) in [6, 6.07) is 0. The van der Waals surface area contributed by atoms with Crippen LogP contribution in [0.4, 0.5) is 0 Å². The fourth-order valence-corrected chi connectivity index (χ4v) is 2.98. The Bertz CT molecular complexity index is 322. The lowest BCUT2D eigenvalue weighted by Gasteiger charge is -2.29. The summed E-state index contributed by atoms with van der Waals surface area (Å²) in [5.74, 6) is 0. The van der Waals surface area contributed by atoms with Gasteiger partial charge >= 0.3 is 0 Å². The van der Waals surface area contributed by atoms with Gasteiger partial charge in [-0.15, -0.1) is 0 Å². The molecule has 2 fully saturated rings. The van der Waals surface area contributed by atoms with Crippen molar-refractivity contribution in [3.05, 3.63) is 0 Å². The zero-order valence-corrected chi connectivity index (χ0v) is 17.9. The SMILES string of the molecule is CC(C)(C)CCCN1CCOCC1.CC(C)(C)CCN1CCOCC1. The van der Waals surface area contributed by atoms with Crippen molar-refractivity contribution in [2.45, 2.75) is 60.8 Å². The van der Waals surface area contributed by atoms with Gasteiger partial charge < -0.3 is 9.47 Å². The van der Waals surface area contributed by atoms with Gasteiger partial charge in [-0.05, 0) is 43.2 Å². The van der Waals surface area contributed by atoms with Crippen molar-refractivity contribution in [3.8, 4) is 0 Å². The monoisotopic (exact) mass is 356 g/mol. The first kappa shape index (κ1) is 22.9. The number of morpholine rings is 2. The van der Waals surface area contributed by atoms with E-state index in [0.29, 0.717) is 10.8 Å². The van der Waals surface area contributed by atoms with Crippen molar-refractivity contribution in [1.29, 1.82) is 0 Å². The molecule has 2 aliphatic rings. The number of rotatable bonds is 5. The molecular weight excluding hydrogens is 312 g/mol. The standard InChI is InChI=1S/C11H23NO.C10H21NO/c1-11(2,3)5-4-6-12-7-9-13-10-8-12;1-10(2,3)4-5-11-6-8-12-9-7-11/h4-10H2,1-3H3;4-9H2,1-3H3. The van der Waals surface area contributed by atoms with Gasteiger partial charge in [-0.2, -0.15) is 0 Å². The average Bonchev–Trinajstić information content (AvgIpc) is 2.54. The fraction of sp³-hybridized carbons (Fsp3) is 1.00. The number of ether oxygens (including phenoxy) is 2. The topological polar surface area (TPSA) is 24.9 Å².